The monoisotopic (exact) mass is 145 g/mol. The first-order valence-electron chi connectivity index (χ1n) is 2.81. The molecule has 1 aliphatic rings. The Morgan fingerprint density at radius 1 is 1.80 bits per heavy atom. The molecule has 1 atom stereocenters. The fourth-order valence-electron chi connectivity index (χ4n) is 0.651. The van der Waals surface area contributed by atoms with Crippen molar-refractivity contribution in [3.8, 4) is 0 Å². The van der Waals surface area contributed by atoms with Crippen LogP contribution in [0.3, 0.4) is 0 Å². The smallest absolute Gasteiger partial charge is 0.334 e. The number of hydrogen-bond donors (Lipinski definition) is 2. The number of nitrogens with one attached hydrogen (secondary N) is 1. The fourth-order valence-corrected chi connectivity index (χ4v) is 0.651. The first-order valence-corrected chi connectivity index (χ1v) is 2.81. The molecule has 5 nitrogen and oxygen atoms in total. The molecule has 1 rings (SSSR count). The van der Waals surface area contributed by atoms with Gasteiger partial charge < -0.3 is 15.2 Å². The van der Waals surface area contributed by atoms with Gasteiger partial charge in [0.15, 0.2) is 6.10 Å². The van der Waals surface area contributed by atoms with Gasteiger partial charge in [0, 0.05) is 0 Å². The average molecular weight is 145 g/mol. The van der Waals surface area contributed by atoms with Gasteiger partial charge in [0.1, 0.15) is 6.61 Å². The lowest BCUT2D eigenvalue weighted by atomic mass is 10.3. The van der Waals surface area contributed by atoms with Crippen LogP contribution in [0.4, 0.5) is 0 Å². The van der Waals surface area contributed by atoms with Crippen LogP contribution in [-0.4, -0.2) is 36.2 Å². The van der Waals surface area contributed by atoms with Crippen LogP contribution < -0.4 is 5.32 Å². The molecule has 0 spiro atoms. The van der Waals surface area contributed by atoms with Gasteiger partial charge in [-0.3, -0.25) is 4.79 Å². The van der Waals surface area contributed by atoms with Crippen LogP contribution in [0.1, 0.15) is 0 Å². The summed E-state index contributed by atoms with van der Waals surface area (Å²) >= 11 is 0. The summed E-state index contributed by atoms with van der Waals surface area (Å²) in [5.41, 5.74) is 0. The summed E-state index contributed by atoms with van der Waals surface area (Å²) in [6, 6.07) is 0. The highest BCUT2D eigenvalue weighted by Crippen LogP contribution is 1.95. The molecule has 1 unspecified atom stereocenters. The molecule has 1 amide bonds. The van der Waals surface area contributed by atoms with Gasteiger partial charge in [0.2, 0.25) is 5.91 Å². The number of morpholine rings is 1. The molecule has 0 aromatic heterocycles. The van der Waals surface area contributed by atoms with Crippen molar-refractivity contribution in [3.05, 3.63) is 0 Å². The van der Waals surface area contributed by atoms with Crippen molar-refractivity contribution in [2.24, 2.45) is 0 Å². The Bertz CT molecular complexity index is 157. The van der Waals surface area contributed by atoms with Crippen LogP contribution >= 0.6 is 0 Å². The molecule has 1 fully saturated rings. The molecule has 0 radical (unpaired) electrons. The van der Waals surface area contributed by atoms with Gasteiger partial charge in [0.25, 0.3) is 0 Å². The summed E-state index contributed by atoms with van der Waals surface area (Å²) in [5.74, 6) is -1.31. The second-order valence-electron chi connectivity index (χ2n) is 1.94. The van der Waals surface area contributed by atoms with Crippen molar-refractivity contribution >= 4 is 11.9 Å². The van der Waals surface area contributed by atoms with Crippen LogP contribution in [0.15, 0.2) is 0 Å². The lowest BCUT2D eigenvalue weighted by Gasteiger charge is -2.18. The average Bonchev–Trinajstić information content (AvgIpc) is 1.88. The van der Waals surface area contributed by atoms with Gasteiger partial charge in [-0.2, -0.15) is 0 Å². The summed E-state index contributed by atoms with van der Waals surface area (Å²) < 4.78 is 4.64. The maximum atomic E-state index is 10.4. The predicted octanol–water partition coefficient (Wildman–Crippen LogP) is -1.41. The summed E-state index contributed by atoms with van der Waals surface area (Å²) in [5, 5.41) is 10.7. The predicted molar refractivity (Wildman–Crippen MR) is 30.4 cm³/mol. The van der Waals surface area contributed by atoms with Crippen LogP contribution in [-0.2, 0) is 14.3 Å². The van der Waals surface area contributed by atoms with Crippen LogP contribution in [0.2, 0.25) is 0 Å². The molecular formula is C5H7NO4. The Labute approximate surface area is 57.0 Å². The minimum Gasteiger partial charge on any atom is -0.479 e. The van der Waals surface area contributed by atoms with Gasteiger partial charge in [0.05, 0.1) is 6.54 Å². The molecule has 1 heterocycles. The van der Waals surface area contributed by atoms with Gasteiger partial charge in [-0.05, 0) is 0 Å². The summed E-state index contributed by atoms with van der Waals surface area (Å²) in [7, 11) is 0. The van der Waals surface area contributed by atoms with Crippen molar-refractivity contribution in [2.75, 3.05) is 13.2 Å². The number of carboxylic acid groups (broad SMARTS) is 1. The highest BCUT2D eigenvalue weighted by molar-refractivity contribution is 5.81. The van der Waals surface area contributed by atoms with Crippen molar-refractivity contribution in [1.29, 1.82) is 0 Å². The first-order chi connectivity index (χ1) is 4.70. The molecule has 56 valence electrons. The molecule has 0 aromatic carbocycles. The molecule has 1 saturated heterocycles. The zero-order valence-corrected chi connectivity index (χ0v) is 5.16. The van der Waals surface area contributed by atoms with Gasteiger partial charge in [-0.15, -0.1) is 0 Å². The van der Waals surface area contributed by atoms with E-state index in [-0.39, 0.29) is 19.1 Å². The SMILES string of the molecule is O=C1COC(C(=O)O)CN1. The van der Waals surface area contributed by atoms with E-state index in [1.54, 1.807) is 0 Å². The quantitative estimate of drug-likeness (QED) is 0.475. The number of rotatable bonds is 1. The van der Waals surface area contributed by atoms with Crippen LogP contribution in [0.5, 0.6) is 0 Å². The Morgan fingerprint density at radius 2 is 2.50 bits per heavy atom. The van der Waals surface area contributed by atoms with Crippen molar-refractivity contribution in [3.63, 3.8) is 0 Å². The number of ether oxygens (including phenoxy) is 1. The number of carboxylic acids is 1. The third-order valence-electron chi connectivity index (χ3n) is 1.18. The van der Waals surface area contributed by atoms with E-state index in [0.717, 1.165) is 0 Å². The zero-order valence-electron chi connectivity index (χ0n) is 5.16. The molecule has 0 aliphatic carbocycles. The summed E-state index contributed by atoms with van der Waals surface area (Å²) in [6.07, 6.45) is -0.877. The van der Waals surface area contributed by atoms with E-state index in [2.05, 4.69) is 10.1 Å². The summed E-state index contributed by atoms with van der Waals surface area (Å²) in [4.78, 5) is 20.6. The van der Waals surface area contributed by atoms with Crippen molar-refractivity contribution in [1.82, 2.24) is 5.32 Å². The second kappa shape index (κ2) is 2.66. The molecule has 2 N–H and O–H groups in total. The molecule has 0 bridgehead atoms. The molecule has 0 saturated carbocycles. The van der Waals surface area contributed by atoms with Crippen molar-refractivity contribution in [2.45, 2.75) is 6.10 Å². The highest BCUT2D eigenvalue weighted by Gasteiger charge is 2.23. The van der Waals surface area contributed by atoms with Gasteiger partial charge >= 0.3 is 5.97 Å². The Hall–Kier alpha value is -1.10. The van der Waals surface area contributed by atoms with Gasteiger partial charge in [-0.25, -0.2) is 4.79 Å². The van der Waals surface area contributed by atoms with Gasteiger partial charge in [-0.1, -0.05) is 0 Å². The lowest BCUT2D eigenvalue weighted by Crippen LogP contribution is -2.46. The van der Waals surface area contributed by atoms with E-state index < -0.39 is 12.1 Å². The van der Waals surface area contributed by atoms with E-state index in [1.165, 1.54) is 0 Å². The molecule has 5 heteroatoms. The van der Waals surface area contributed by atoms with E-state index in [0.29, 0.717) is 0 Å². The lowest BCUT2D eigenvalue weighted by molar-refractivity contribution is -0.155. The maximum Gasteiger partial charge on any atom is 0.334 e. The topological polar surface area (TPSA) is 75.6 Å². The third-order valence-corrected chi connectivity index (χ3v) is 1.18. The standard InChI is InChI=1S/C5H7NO4/c7-4-2-10-3(1-6-4)5(8)9/h3H,1-2H2,(H,6,7)(H,8,9). The molecular weight excluding hydrogens is 138 g/mol. The maximum absolute atomic E-state index is 10.4. The van der Waals surface area contributed by atoms with E-state index >= 15 is 0 Å². The number of carbonyl (C=O) groups is 2. The Morgan fingerprint density at radius 3 is 2.90 bits per heavy atom. The fraction of sp³-hybridized carbons (Fsp3) is 0.600. The Kier molecular flexibility index (Phi) is 1.86. The van der Waals surface area contributed by atoms with Crippen LogP contribution in [0.25, 0.3) is 0 Å². The summed E-state index contributed by atoms with van der Waals surface area (Å²) in [6.45, 7) is -0.0921. The second-order valence-corrected chi connectivity index (χ2v) is 1.94. The number of aliphatic carboxylic acids is 1. The van der Waals surface area contributed by atoms with E-state index in [4.69, 9.17) is 5.11 Å². The van der Waals surface area contributed by atoms with E-state index in [1.807, 2.05) is 0 Å². The Balaban J connectivity index is 2.40. The number of carbonyl (C=O) groups excluding carboxylic acids is 1. The van der Waals surface area contributed by atoms with Crippen LogP contribution in [0, 0.1) is 0 Å². The third kappa shape index (κ3) is 1.44. The largest absolute Gasteiger partial charge is 0.479 e. The molecule has 1 aliphatic heterocycles. The number of amides is 1. The molecule has 10 heavy (non-hydrogen) atoms. The molecule has 0 aromatic rings. The van der Waals surface area contributed by atoms with E-state index in [9.17, 15) is 9.59 Å². The first kappa shape index (κ1) is 7.01. The van der Waals surface area contributed by atoms with Crippen molar-refractivity contribution < 1.29 is 19.4 Å². The normalized spacial score (nSPS) is 25.6. The highest BCUT2D eigenvalue weighted by atomic mass is 16.5. The minimum absolute atomic E-state index is 0.0637. The zero-order chi connectivity index (χ0) is 7.56. The number of hydrogen-bond acceptors (Lipinski definition) is 3. The minimum atomic E-state index is -1.04.